The molecule has 8 heteroatoms. The van der Waals surface area contributed by atoms with Crippen molar-refractivity contribution >= 4 is 43.9 Å². The van der Waals surface area contributed by atoms with Crippen LogP contribution in [0.2, 0.25) is 5.02 Å². The summed E-state index contributed by atoms with van der Waals surface area (Å²) in [6.07, 6.45) is 0. The largest absolute Gasteiger partial charge is 0.507 e. The summed E-state index contributed by atoms with van der Waals surface area (Å²) in [6, 6.07) is 11.6. The van der Waals surface area contributed by atoms with Crippen molar-refractivity contribution in [3.8, 4) is 11.5 Å². The number of nitrogens with one attached hydrogen (secondary N) is 1. The van der Waals surface area contributed by atoms with Gasteiger partial charge in [0.2, 0.25) is 0 Å². The summed E-state index contributed by atoms with van der Waals surface area (Å²) in [5.41, 5.74) is 0.936. The van der Waals surface area contributed by atoms with E-state index in [0.29, 0.717) is 27.2 Å². The molecule has 0 unspecified atom stereocenters. The van der Waals surface area contributed by atoms with Crippen molar-refractivity contribution in [3.63, 3.8) is 0 Å². The summed E-state index contributed by atoms with van der Waals surface area (Å²) in [5.74, 6) is -0.287. The lowest BCUT2D eigenvalue weighted by Gasteiger charge is -2.11. The molecule has 0 aliphatic carbocycles. The molecule has 0 aliphatic rings. The Labute approximate surface area is 142 Å². The first-order chi connectivity index (χ1) is 11.2. The maximum Gasteiger partial charge on any atom is 0.294 e. The fraction of sp³-hybridized carbons (Fsp3) is 0. The molecule has 0 aromatic heterocycles. The number of anilines is 2. The number of phenolic OH excluding ortho intramolecular Hbond substituents is 2. The molecule has 0 fully saturated rings. The molecule has 0 bridgehead atoms. The minimum absolute atomic E-state index is 0.00504. The number of benzene rings is 3. The van der Waals surface area contributed by atoms with Crippen molar-refractivity contribution in [2.45, 2.75) is 4.90 Å². The fourth-order valence-corrected chi connectivity index (χ4v) is 3.01. The molecule has 6 nitrogen and oxygen atoms in total. The molecule has 3 aromatic carbocycles. The number of hydrogen-bond acceptors (Lipinski definition) is 5. The van der Waals surface area contributed by atoms with Crippen LogP contribution >= 0.6 is 11.6 Å². The summed E-state index contributed by atoms with van der Waals surface area (Å²) in [5, 5.41) is 24.1. The minimum atomic E-state index is -4.41. The van der Waals surface area contributed by atoms with E-state index in [4.69, 9.17) is 16.2 Å². The number of halogens is 1. The quantitative estimate of drug-likeness (QED) is 0.414. The van der Waals surface area contributed by atoms with Crippen LogP contribution in [0.1, 0.15) is 0 Å². The lowest BCUT2D eigenvalue weighted by molar-refractivity contribution is 0.471. The van der Waals surface area contributed by atoms with Gasteiger partial charge >= 0.3 is 0 Å². The average molecular weight is 366 g/mol. The highest BCUT2D eigenvalue weighted by Crippen LogP contribution is 2.34. The van der Waals surface area contributed by atoms with Crippen LogP contribution in [0, 0.1) is 0 Å². The van der Waals surface area contributed by atoms with E-state index in [1.54, 1.807) is 30.3 Å². The Bertz CT molecular complexity index is 1050. The molecular formula is C16H12ClNO5S. The highest BCUT2D eigenvalue weighted by Gasteiger charge is 2.14. The summed E-state index contributed by atoms with van der Waals surface area (Å²) in [7, 11) is -4.41. The molecule has 0 aliphatic heterocycles. The standard InChI is InChI=1S/C16H12ClNO5S/c17-10-2-4-15(19)14(6-10)18-11-3-1-9-5-12(24(21,22)23)8-16(20)13(9)7-11/h1-8,18-20H,(H,21,22,23). The zero-order valence-corrected chi connectivity index (χ0v) is 13.6. The van der Waals surface area contributed by atoms with Gasteiger partial charge in [0.1, 0.15) is 11.5 Å². The molecule has 0 amide bonds. The van der Waals surface area contributed by atoms with Gasteiger partial charge in [0.15, 0.2) is 0 Å². The molecule has 0 saturated heterocycles. The molecule has 3 rings (SSSR count). The van der Waals surface area contributed by atoms with Gasteiger partial charge in [-0.2, -0.15) is 8.42 Å². The van der Waals surface area contributed by atoms with Crippen molar-refractivity contribution in [2.24, 2.45) is 0 Å². The highest BCUT2D eigenvalue weighted by molar-refractivity contribution is 7.85. The smallest absolute Gasteiger partial charge is 0.294 e. The van der Waals surface area contributed by atoms with Gasteiger partial charge in [-0.1, -0.05) is 17.7 Å². The topological polar surface area (TPSA) is 107 Å². The fourth-order valence-electron chi connectivity index (χ4n) is 2.30. The van der Waals surface area contributed by atoms with E-state index in [2.05, 4.69) is 5.32 Å². The van der Waals surface area contributed by atoms with Crippen LogP contribution in [-0.2, 0) is 10.1 Å². The Kier molecular flexibility index (Phi) is 4.00. The number of fused-ring (bicyclic) bond motifs is 1. The lowest BCUT2D eigenvalue weighted by Crippen LogP contribution is -1.98. The van der Waals surface area contributed by atoms with Gasteiger partial charge in [0.25, 0.3) is 10.1 Å². The lowest BCUT2D eigenvalue weighted by atomic mass is 10.1. The summed E-state index contributed by atoms with van der Waals surface area (Å²) < 4.78 is 31.5. The van der Waals surface area contributed by atoms with Crippen molar-refractivity contribution in [1.29, 1.82) is 0 Å². The minimum Gasteiger partial charge on any atom is -0.507 e. The molecule has 0 radical (unpaired) electrons. The van der Waals surface area contributed by atoms with E-state index >= 15 is 0 Å². The van der Waals surface area contributed by atoms with Crippen LogP contribution in [0.25, 0.3) is 10.8 Å². The number of hydrogen-bond donors (Lipinski definition) is 4. The zero-order valence-electron chi connectivity index (χ0n) is 12.1. The van der Waals surface area contributed by atoms with Gasteiger partial charge in [-0.25, -0.2) is 0 Å². The molecule has 0 heterocycles. The first-order valence-corrected chi connectivity index (χ1v) is 8.56. The van der Waals surface area contributed by atoms with Gasteiger partial charge in [-0.15, -0.1) is 0 Å². The molecule has 0 saturated carbocycles. The third kappa shape index (κ3) is 3.23. The van der Waals surface area contributed by atoms with E-state index in [-0.39, 0.29) is 16.4 Å². The first kappa shape index (κ1) is 16.4. The van der Waals surface area contributed by atoms with Gasteiger partial charge in [0.05, 0.1) is 10.6 Å². The Balaban J connectivity index is 2.06. The second-order valence-corrected chi connectivity index (χ2v) is 7.00. The molecule has 0 spiro atoms. The van der Waals surface area contributed by atoms with Gasteiger partial charge in [0, 0.05) is 22.2 Å². The predicted molar refractivity (Wildman–Crippen MR) is 91.8 cm³/mol. The van der Waals surface area contributed by atoms with Crippen LogP contribution in [0.5, 0.6) is 11.5 Å². The Hall–Kier alpha value is -2.48. The molecule has 4 N–H and O–H groups in total. The number of rotatable bonds is 3. The summed E-state index contributed by atoms with van der Waals surface area (Å²) in [6.45, 7) is 0. The van der Waals surface area contributed by atoms with E-state index in [0.717, 1.165) is 6.07 Å². The molecule has 3 aromatic rings. The Morgan fingerprint density at radius 1 is 0.917 bits per heavy atom. The summed E-state index contributed by atoms with van der Waals surface area (Å²) in [4.78, 5) is -0.388. The Morgan fingerprint density at radius 3 is 2.38 bits per heavy atom. The van der Waals surface area contributed by atoms with Gasteiger partial charge in [-0.05, 0) is 41.8 Å². The van der Waals surface area contributed by atoms with E-state index in [1.165, 1.54) is 12.1 Å². The maximum absolute atomic E-state index is 11.2. The number of aromatic hydroxyl groups is 2. The zero-order chi connectivity index (χ0) is 17.5. The maximum atomic E-state index is 11.2. The normalized spacial score (nSPS) is 11.6. The first-order valence-electron chi connectivity index (χ1n) is 6.74. The van der Waals surface area contributed by atoms with E-state index in [9.17, 15) is 18.6 Å². The second-order valence-electron chi connectivity index (χ2n) is 5.14. The molecule has 24 heavy (non-hydrogen) atoms. The third-order valence-electron chi connectivity index (χ3n) is 3.44. The van der Waals surface area contributed by atoms with Crippen LogP contribution < -0.4 is 5.32 Å². The van der Waals surface area contributed by atoms with Gasteiger partial charge in [-0.3, -0.25) is 4.55 Å². The van der Waals surface area contributed by atoms with Gasteiger partial charge < -0.3 is 15.5 Å². The molecule has 124 valence electrons. The highest BCUT2D eigenvalue weighted by atomic mass is 35.5. The van der Waals surface area contributed by atoms with Crippen molar-refractivity contribution in [3.05, 3.63) is 53.6 Å². The molecular weight excluding hydrogens is 354 g/mol. The van der Waals surface area contributed by atoms with Crippen LogP contribution in [0.3, 0.4) is 0 Å². The number of phenols is 2. The Morgan fingerprint density at radius 2 is 1.67 bits per heavy atom. The van der Waals surface area contributed by atoms with Crippen LogP contribution in [0.4, 0.5) is 11.4 Å². The monoisotopic (exact) mass is 365 g/mol. The SMILES string of the molecule is O=S(=O)(O)c1cc(O)c2cc(Nc3cc(Cl)ccc3O)ccc2c1. The van der Waals surface area contributed by atoms with Crippen molar-refractivity contribution in [2.75, 3.05) is 5.32 Å². The van der Waals surface area contributed by atoms with Crippen LogP contribution in [0.15, 0.2) is 53.4 Å². The third-order valence-corrected chi connectivity index (χ3v) is 4.51. The van der Waals surface area contributed by atoms with E-state index < -0.39 is 10.1 Å². The van der Waals surface area contributed by atoms with E-state index in [1.807, 2.05) is 0 Å². The van der Waals surface area contributed by atoms with Crippen LogP contribution in [-0.4, -0.2) is 23.2 Å². The van der Waals surface area contributed by atoms with Crippen molar-refractivity contribution < 1.29 is 23.2 Å². The molecule has 0 atom stereocenters. The predicted octanol–water partition coefficient (Wildman–Crippen LogP) is 3.89. The summed E-state index contributed by atoms with van der Waals surface area (Å²) >= 11 is 5.89. The average Bonchev–Trinajstić information content (AvgIpc) is 2.50. The second kappa shape index (κ2) is 5.86. The van der Waals surface area contributed by atoms with Crippen molar-refractivity contribution in [1.82, 2.24) is 0 Å².